The van der Waals surface area contributed by atoms with Gasteiger partial charge in [0.25, 0.3) is 5.91 Å². The number of hydrogen-bond donors (Lipinski definition) is 4. The van der Waals surface area contributed by atoms with Crippen LogP contribution in [-0.4, -0.2) is 83.8 Å². The van der Waals surface area contributed by atoms with Crippen LogP contribution in [0.2, 0.25) is 5.02 Å². The average Bonchev–Trinajstić information content (AvgIpc) is 3.64. The molecule has 1 aliphatic carbocycles. The highest BCUT2D eigenvalue weighted by Crippen LogP contribution is 2.39. The van der Waals surface area contributed by atoms with E-state index in [0.29, 0.717) is 30.4 Å². The molecule has 0 bridgehead atoms. The van der Waals surface area contributed by atoms with E-state index in [1.54, 1.807) is 12.1 Å². The van der Waals surface area contributed by atoms with Crippen molar-refractivity contribution in [1.82, 2.24) is 26.3 Å². The number of rotatable bonds is 12. The summed E-state index contributed by atoms with van der Waals surface area (Å²) in [5.74, 6) is -2.48. The minimum atomic E-state index is -1.07. The molecule has 3 fully saturated rings. The minimum Gasteiger partial charge on any atom is -0.381 e. The van der Waals surface area contributed by atoms with Crippen molar-refractivity contribution in [3.05, 3.63) is 40.9 Å². The summed E-state index contributed by atoms with van der Waals surface area (Å²) in [5.41, 5.74) is 2.66. The maximum Gasteiger partial charge on any atom is 0.289 e. The van der Waals surface area contributed by atoms with Crippen LogP contribution in [0.3, 0.4) is 0 Å². The monoisotopic (exact) mass is 685 g/mol. The van der Waals surface area contributed by atoms with Gasteiger partial charge in [-0.2, -0.15) is 0 Å². The molecule has 1 aromatic carbocycles. The molecule has 1 saturated carbocycles. The fourth-order valence-corrected chi connectivity index (χ4v) is 6.64. The highest BCUT2D eigenvalue weighted by molar-refractivity contribution is 6.38. The number of halogens is 1. The number of hydroxylamine groups is 1. The molecule has 5 rings (SSSR count). The molecular formula is C35H48ClN5O7. The molecule has 1 aromatic rings. The topological polar surface area (TPSA) is 155 Å². The van der Waals surface area contributed by atoms with E-state index >= 15 is 0 Å². The molecule has 4 amide bonds. The van der Waals surface area contributed by atoms with Gasteiger partial charge in [-0.25, -0.2) is 0 Å². The Kier molecular flexibility index (Phi) is 11.2. The van der Waals surface area contributed by atoms with Crippen molar-refractivity contribution < 1.29 is 33.5 Å². The maximum absolute atomic E-state index is 14.5. The molecule has 4 atom stereocenters. The van der Waals surface area contributed by atoms with E-state index < -0.39 is 52.6 Å². The van der Waals surface area contributed by atoms with Crippen molar-refractivity contribution in [3.8, 4) is 0 Å². The lowest BCUT2D eigenvalue weighted by Gasteiger charge is -2.36. The number of ether oxygens (including phenoxy) is 1. The van der Waals surface area contributed by atoms with Crippen molar-refractivity contribution >= 4 is 46.7 Å². The molecule has 13 heteroatoms. The van der Waals surface area contributed by atoms with Crippen LogP contribution in [0.25, 0.3) is 5.70 Å². The van der Waals surface area contributed by atoms with Crippen LogP contribution in [0.1, 0.15) is 84.6 Å². The summed E-state index contributed by atoms with van der Waals surface area (Å²) in [4.78, 5) is 75.3. The lowest BCUT2D eigenvalue weighted by Crippen LogP contribution is -2.59. The Labute approximate surface area is 287 Å². The lowest BCUT2D eigenvalue weighted by molar-refractivity contribution is -0.145. The Hall–Kier alpha value is -3.48. The number of nitrogens with one attached hydrogen (secondary N) is 4. The molecule has 262 valence electrons. The van der Waals surface area contributed by atoms with Crippen LogP contribution in [0, 0.1) is 11.3 Å². The van der Waals surface area contributed by atoms with Gasteiger partial charge in [0.05, 0.1) is 18.3 Å². The van der Waals surface area contributed by atoms with Gasteiger partial charge in [-0.05, 0) is 67.2 Å². The predicted molar refractivity (Wildman–Crippen MR) is 179 cm³/mol. The van der Waals surface area contributed by atoms with Gasteiger partial charge in [-0.15, -0.1) is 0 Å². The number of benzene rings is 1. The fourth-order valence-electron chi connectivity index (χ4n) is 6.51. The highest BCUT2D eigenvalue weighted by Gasteiger charge is 2.54. The Balaban J connectivity index is 1.40. The van der Waals surface area contributed by atoms with Gasteiger partial charge in [0, 0.05) is 37.1 Å². The van der Waals surface area contributed by atoms with Gasteiger partial charge in [0.2, 0.25) is 23.5 Å². The van der Waals surface area contributed by atoms with Gasteiger partial charge in [0.1, 0.15) is 17.7 Å². The first-order valence-electron chi connectivity index (χ1n) is 17.0. The number of nitrogens with zero attached hydrogens (tertiary/aromatic N) is 1. The number of amides is 4. The SMILES string of the molecule is CCC[C@H](NC(=O)[C@@H]1C[C@]2(C=C(c3ccc(Cl)cc3)NO2)CN1C(=O)[C@@H](NC(=O)CC1CCOCC1)C(C)(C)C)C(=O)C(=O)NC1CC1. The summed E-state index contributed by atoms with van der Waals surface area (Å²) in [6.07, 6.45) is 6.25. The largest absolute Gasteiger partial charge is 0.381 e. The zero-order valence-corrected chi connectivity index (χ0v) is 29.0. The van der Waals surface area contributed by atoms with E-state index in [9.17, 15) is 24.0 Å². The van der Waals surface area contributed by atoms with Crippen LogP contribution in [0.5, 0.6) is 0 Å². The smallest absolute Gasteiger partial charge is 0.289 e. The summed E-state index contributed by atoms with van der Waals surface area (Å²) in [6.45, 7) is 8.70. The van der Waals surface area contributed by atoms with Crippen LogP contribution in [0.4, 0.5) is 0 Å². The molecule has 3 aliphatic heterocycles. The van der Waals surface area contributed by atoms with Crippen LogP contribution in [0.15, 0.2) is 30.3 Å². The number of Topliss-reactive ketones (excluding diaryl/α,β-unsaturated/α-hetero) is 1. The normalized spacial score (nSPS) is 24.0. The van der Waals surface area contributed by atoms with Crippen molar-refractivity contribution in [2.45, 2.75) is 109 Å². The number of carbonyl (C=O) groups excluding carboxylic acids is 5. The second kappa shape index (κ2) is 15.0. The van der Waals surface area contributed by atoms with Gasteiger partial charge in [-0.3, -0.25) is 34.3 Å². The molecule has 3 heterocycles. The first-order chi connectivity index (χ1) is 22.8. The molecule has 0 unspecified atom stereocenters. The third-order valence-electron chi connectivity index (χ3n) is 9.45. The zero-order valence-electron chi connectivity index (χ0n) is 28.2. The summed E-state index contributed by atoms with van der Waals surface area (Å²) in [5, 5.41) is 9.07. The Morgan fingerprint density at radius 2 is 1.73 bits per heavy atom. The molecule has 4 aliphatic rings. The van der Waals surface area contributed by atoms with E-state index in [2.05, 4.69) is 21.4 Å². The van der Waals surface area contributed by atoms with Gasteiger partial charge >= 0.3 is 0 Å². The summed E-state index contributed by atoms with van der Waals surface area (Å²) >= 11 is 6.09. The van der Waals surface area contributed by atoms with Crippen molar-refractivity contribution in [2.75, 3.05) is 19.8 Å². The summed E-state index contributed by atoms with van der Waals surface area (Å²) in [6, 6.07) is 4.14. The number of hydrogen-bond acceptors (Lipinski definition) is 8. The summed E-state index contributed by atoms with van der Waals surface area (Å²) in [7, 11) is 0. The molecule has 4 N–H and O–H groups in total. The molecule has 0 radical (unpaired) electrons. The maximum atomic E-state index is 14.5. The second-order valence-corrected chi connectivity index (χ2v) is 15.0. The molecule has 2 saturated heterocycles. The second-order valence-electron chi connectivity index (χ2n) is 14.6. The predicted octanol–water partition coefficient (Wildman–Crippen LogP) is 3.04. The molecule has 1 spiro atoms. The van der Waals surface area contributed by atoms with E-state index in [1.807, 2.05) is 45.9 Å². The Morgan fingerprint density at radius 1 is 1.04 bits per heavy atom. The standard InChI is InChI=1S/C35H48ClN5O7/c1-5-6-25(29(43)32(45)37-24-11-12-24)38-31(44)27-19-35(18-26(40-48-35)22-7-9-23(36)10-8-22)20-41(27)33(46)30(34(2,3)4)39-28(42)17-21-13-15-47-16-14-21/h7-10,18,21,24-25,27,30,40H,5-6,11-17,19-20H2,1-4H3,(H,37,45)(H,38,44)(H,39,42)/t25-,27-,30+,35+/m0/s1. The van der Waals surface area contributed by atoms with Crippen molar-refractivity contribution in [1.29, 1.82) is 0 Å². The molecular weight excluding hydrogens is 638 g/mol. The first-order valence-corrected chi connectivity index (χ1v) is 17.4. The van der Waals surface area contributed by atoms with Crippen molar-refractivity contribution in [3.63, 3.8) is 0 Å². The van der Waals surface area contributed by atoms with Crippen LogP contribution in [-0.2, 0) is 33.5 Å². The average molecular weight is 686 g/mol. The van der Waals surface area contributed by atoms with Gasteiger partial charge in [-0.1, -0.05) is 57.8 Å². The third kappa shape index (κ3) is 8.75. The van der Waals surface area contributed by atoms with Gasteiger partial charge < -0.3 is 25.6 Å². The van der Waals surface area contributed by atoms with Gasteiger partial charge in [0.15, 0.2) is 0 Å². The minimum absolute atomic E-state index is 0.00754. The van der Waals surface area contributed by atoms with E-state index in [-0.39, 0.29) is 43.7 Å². The van der Waals surface area contributed by atoms with E-state index in [4.69, 9.17) is 21.2 Å². The highest BCUT2D eigenvalue weighted by atomic mass is 35.5. The zero-order chi connectivity index (χ0) is 34.6. The number of likely N-dealkylation sites (tertiary alicyclic amines) is 1. The summed E-state index contributed by atoms with van der Waals surface area (Å²) < 4.78 is 5.43. The number of carbonyl (C=O) groups is 5. The Morgan fingerprint density at radius 3 is 2.35 bits per heavy atom. The van der Waals surface area contributed by atoms with Crippen molar-refractivity contribution in [2.24, 2.45) is 11.3 Å². The molecule has 0 aromatic heterocycles. The molecule has 48 heavy (non-hydrogen) atoms. The van der Waals surface area contributed by atoms with E-state index in [0.717, 1.165) is 31.2 Å². The van der Waals surface area contributed by atoms with Crippen LogP contribution >= 0.6 is 11.6 Å². The van der Waals surface area contributed by atoms with Crippen LogP contribution < -0.4 is 21.4 Å². The number of ketones is 1. The van der Waals surface area contributed by atoms with E-state index in [1.165, 1.54) is 4.90 Å². The molecule has 12 nitrogen and oxygen atoms in total. The Bertz CT molecular complexity index is 1420. The third-order valence-corrected chi connectivity index (χ3v) is 9.70. The lowest BCUT2D eigenvalue weighted by atomic mass is 9.85. The first kappa shape index (κ1) is 35.8. The quantitative estimate of drug-likeness (QED) is 0.245. The fraction of sp³-hybridized carbons (Fsp3) is 0.629.